The second-order valence-corrected chi connectivity index (χ2v) is 5.67. The maximum atomic E-state index is 11.2. The molecule has 1 unspecified atom stereocenters. The fraction of sp³-hybridized carbons (Fsp3) is 0.909. The van der Waals surface area contributed by atoms with Crippen molar-refractivity contribution >= 4 is 5.91 Å². The number of hydrogen-bond donors (Lipinski definition) is 1. The second kappa shape index (κ2) is 2.96. The average Bonchev–Trinajstić information content (AvgIpc) is 2.59. The molecule has 2 heterocycles. The first-order valence-electron chi connectivity index (χ1n) is 5.47. The van der Waals surface area contributed by atoms with Gasteiger partial charge in [0.15, 0.2) is 0 Å². The lowest BCUT2D eigenvalue weighted by Gasteiger charge is -2.33. The van der Waals surface area contributed by atoms with Crippen molar-refractivity contribution in [1.29, 1.82) is 0 Å². The lowest BCUT2D eigenvalue weighted by atomic mass is 9.96. The molecule has 3 heteroatoms. The Morgan fingerprint density at radius 3 is 2.50 bits per heavy atom. The first kappa shape index (κ1) is 9.97. The molecule has 0 radical (unpaired) electrons. The molecule has 0 saturated carbocycles. The van der Waals surface area contributed by atoms with Crippen LogP contribution in [0.2, 0.25) is 0 Å². The van der Waals surface area contributed by atoms with E-state index in [9.17, 15) is 4.79 Å². The predicted molar refractivity (Wildman–Crippen MR) is 56.1 cm³/mol. The zero-order valence-corrected chi connectivity index (χ0v) is 9.39. The van der Waals surface area contributed by atoms with E-state index in [0.29, 0.717) is 0 Å². The Balaban J connectivity index is 2.04. The minimum Gasteiger partial charge on any atom is -0.349 e. The van der Waals surface area contributed by atoms with Crippen LogP contribution in [0.4, 0.5) is 0 Å². The molecule has 3 nitrogen and oxygen atoms in total. The molecule has 0 aromatic rings. The number of nitrogens with zero attached hydrogens (tertiary/aromatic N) is 1. The number of rotatable bonds is 0. The van der Waals surface area contributed by atoms with Crippen molar-refractivity contribution < 1.29 is 4.79 Å². The van der Waals surface area contributed by atoms with Crippen LogP contribution < -0.4 is 5.32 Å². The highest BCUT2D eigenvalue weighted by Crippen LogP contribution is 2.33. The van der Waals surface area contributed by atoms with Crippen molar-refractivity contribution in [2.75, 3.05) is 13.1 Å². The number of carbonyl (C=O) groups is 1. The topological polar surface area (TPSA) is 32.3 Å². The predicted octanol–water partition coefficient (Wildman–Crippen LogP) is 1.14. The third-order valence-corrected chi connectivity index (χ3v) is 3.54. The zero-order chi connectivity index (χ0) is 10.4. The van der Waals surface area contributed by atoms with Crippen molar-refractivity contribution in [1.82, 2.24) is 10.2 Å². The number of hydrogen-bond acceptors (Lipinski definition) is 2. The molecule has 2 fully saturated rings. The van der Waals surface area contributed by atoms with Gasteiger partial charge in [0, 0.05) is 25.0 Å². The number of nitrogens with one attached hydrogen (secondary N) is 1. The Labute approximate surface area is 85.8 Å². The first-order valence-corrected chi connectivity index (χ1v) is 5.47. The zero-order valence-electron chi connectivity index (χ0n) is 9.39. The van der Waals surface area contributed by atoms with Crippen LogP contribution in [0.5, 0.6) is 0 Å². The van der Waals surface area contributed by atoms with Gasteiger partial charge in [0.1, 0.15) is 0 Å². The lowest BCUT2D eigenvalue weighted by molar-refractivity contribution is -0.119. The molecule has 1 amide bonds. The summed E-state index contributed by atoms with van der Waals surface area (Å²) in [5.74, 6) is 0.237. The van der Waals surface area contributed by atoms with Crippen molar-refractivity contribution in [2.24, 2.45) is 0 Å². The fourth-order valence-corrected chi connectivity index (χ4v) is 2.52. The van der Waals surface area contributed by atoms with E-state index in [-0.39, 0.29) is 17.0 Å². The molecule has 14 heavy (non-hydrogen) atoms. The summed E-state index contributed by atoms with van der Waals surface area (Å²) in [4.78, 5) is 13.7. The highest BCUT2D eigenvalue weighted by Gasteiger charge is 2.45. The van der Waals surface area contributed by atoms with E-state index in [1.807, 2.05) is 0 Å². The fourth-order valence-electron chi connectivity index (χ4n) is 2.52. The molecule has 1 N–H and O–H groups in total. The summed E-state index contributed by atoms with van der Waals surface area (Å²) in [6.07, 6.45) is 2.87. The van der Waals surface area contributed by atoms with E-state index in [1.54, 1.807) is 0 Å². The highest BCUT2D eigenvalue weighted by molar-refractivity contribution is 5.79. The Kier molecular flexibility index (Phi) is 2.11. The van der Waals surface area contributed by atoms with Crippen molar-refractivity contribution in [2.45, 2.75) is 51.1 Å². The minimum absolute atomic E-state index is 0.115. The van der Waals surface area contributed by atoms with Gasteiger partial charge in [0.2, 0.25) is 5.91 Å². The number of amides is 1. The largest absolute Gasteiger partial charge is 0.349 e. The maximum Gasteiger partial charge on any atom is 0.220 e. The quantitative estimate of drug-likeness (QED) is 0.630. The Hall–Kier alpha value is -0.570. The summed E-state index contributed by atoms with van der Waals surface area (Å²) in [6.45, 7) is 8.86. The summed E-state index contributed by atoms with van der Waals surface area (Å²) in [6, 6.07) is 0. The van der Waals surface area contributed by atoms with Gasteiger partial charge in [-0.15, -0.1) is 0 Å². The molecule has 0 bridgehead atoms. The van der Waals surface area contributed by atoms with E-state index in [0.717, 1.165) is 32.4 Å². The normalized spacial score (nSPS) is 34.1. The summed E-state index contributed by atoms with van der Waals surface area (Å²) >= 11 is 0. The Bertz CT molecular complexity index is 257. The van der Waals surface area contributed by atoms with Crippen molar-refractivity contribution in [3.05, 3.63) is 0 Å². The highest BCUT2D eigenvalue weighted by atomic mass is 16.2. The molecule has 2 aliphatic heterocycles. The average molecular weight is 196 g/mol. The van der Waals surface area contributed by atoms with E-state index in [2.05, 4.69) is 31.0 Å². The molecule has 2 saturated heterocycles. The van der Waals surface area contributed by atoms with Gasteiger partial charge in [-0.05, 0) is 33.6 Å². The van der Waals surface area contributed by atoms with Crippen LogP contribution in [0, 0.1) is 0 Å². The molecule has 1 atom stereocenters. The number of likely N-dealkylation sites (tertiary alicyclic amines) is 1. The Morgan fingerprint density at radius 1 is 1.36 bits per heavy atom. The summed E-state index contributed by atoms with van der Waals surface area (Å²) in [7, 11) is 0. The van der Waals surface area contributed by atoms with E-state index >= 15 is 0 Å². The summed E-state index contributed by atoms with van der Waals surface area (Å²) in [5.41, 5.74) is 0.348. The van der Waals surface area contributed by atoms with Crippen LogP contribution >= 0.6 is 0 Å². The maximum absolute atomic E-state index is 11.2. The van der Waals surface area contributed by atoms with Crippen LogP contribution in [0.15, 0.2) is 0 Å². The second-order valence-electron chi connectivity index (χ2n) is 5.67. The van der Waals surface area contributed by atoms with E-state index in [4.69, 9.17) is 0 Å². The molecule has 2 rings (SSSR count). The lowest BCUT2D eigenvalue weighted by Crippen LogP contribution is -2.47. The van der Waals surface area contributed by atoms with Crippen LogP contribution in [0.1, 0.15) is 40.0 Å². The van der Waals surface area contributed by atoms with E-state index < -0.39 is 0 Å². The summed E-state index contributed by atoms with van der Waals surface area (Å²) in [5, 5.41) is 3.15. The van der Waals surface area contributed by atoms with Crippen molar-refractivity contribution in [3.8, 4) is 0 Å². The summed E-state index contributed by atoms with van der Waals surface area (Å²) < 4.78 is 0. The molecule has 80 valence electrons. The van der Waals surface area contributed by atoms with Gasteiger partial charge < -0.3 is 5.32 Å². The molecule has 1 spiro atoms. The molecular formula is C11H20N2O. The molecule has 0 aliphatic carbocycles. The smallest absolute Gasteiger partial charge is 0.220 e. The molecule has 2 aliphatic rings. The van der Waals surface area contributed by atoms with Gasteiger partial charge in [0.25, 0.3) is 0 Å². The van der Waals surface area contributed by atoms with Crippen LogP contribution in [-0.4, -0.2) is 35.0 Å². The molecular weight excluding hydrogens is 176 g/mol. The van der Waals surface area contributed by atoms with Crippen molar-refractivity contribution in [3.63, 3.8) is 0 Å². The Morgan fingerprint density at radius 2 is 2.07 bits per heavy atom. The van der Waals surface area contributed by atoms with Gasteiger partial charge in [-0.2, -0.15) is 0 Å². The van der Waals surface area contributed by atoms with Gasteiger partial charge in [-0.25, -0.2) is 0 Å². The SMILES string of the molecule is CC(C)(C)N1CCC2(CCC(=O)N2)C1. The van der Waals surface area contributed by atoms with Crippen LogP contribution in [0.3, 0.4) is 0 Å². The minimum atomic E-state index is 0.115. The standard InChI is InChI=1S/C11H20N2O/c1-10(2,3)13-7-6-11(8-13)5-4-9(14)12-11/h4-8H2,1-3H3,(H,12,14). The first-order chi connectivity index (χ1) is 6.41. The van der Waals surface area contributed by atoms with Gasteiger partial charge in [0.05, 0.1) is 5.54 Å². The van der Waals surface area contributed by atoms with E-state index in [1.165, 1.54) is 0 Å². The van der Waals surface area contributed by atoms with Crippen LogP contribution in [-0.2, 0) is 4.79 Å². The molecule has 0 aromatic carbocycles. The third kappa shape index (κ3) is 1.65. The molecule has 0 aromatic heterocycles. The monoisotopic (exact) mass is 196 g/mol. The van der Waals surface area contributed by atoms with Gasteiger partial charge in [-0.3, -0.25) is 9.69 Å². The van der Waals surface area contributed by atoms with Gasteiger partial charge >= 0.3 is 0 Å². The third-order valence-electron chi connectivity index (χ3n) is 3.54. The van der Waals surface area contributed by atoms with Gasteiger partial charge in [-0.1, -0.05) is 0 Å². The number of carbonyl (C=O) groups excluding carboxylic acids is 1. The van der Waals surface area contributed by atoms with Crippen LogP contribution in [0.25, 0.3) is 0 Å².